The standard InChI is InChI=1S/C27H25ClN4O3/c1-16-4-6-19(7-5-16)15-29-26(34)27(35)31-32-23-9-8-21(28)13-20(23)14-24(32)25(33)30-22-11-17(2)10-18(3)12-22/h4-14H,15H2,1-3H3,(H,29,34)(H,30,33)(H,31,35). The second-order valence-electron chi connectivity index (χ2n) is 8.51. The number of anilines is 1. The molecule has 4 rings (SSSR count). The first kappa shape index (κ1) is 24.0. The number of halogens is 1. The Balaban J connectivity index is 1.57. The van der Waals surface area contributed by atoms with E-state index in [0.717, 1.165) is 22.3 Å². The second-order valence-corrected chi connectivity index (χ2v) is 8.94. The molecule has 3 amide bonds. The van der Waals surface area contributed by atoms with E-state index in [4.69, 9.17) is 11.6 Å². The lowest BCUT2D eigenvalue weighted by Crippen LogP contribution is -2.39. The van der Waals surface area contributed by atoms with Crippen molar-refractivity contribution in [3.05, 3.63) is 99.7 Å². The summed E-state index contributed by atoms with van der Waals surface area (Å²) < 4.78 is 1.30. The molecule has 178 valence electrons. The molecule has 0 atom stereocenters. The molecule has 0 aliphatic heterocycles. The van der Waals surface area contributed by atoms with Gasteiger partial charge in [0.25, 0.3) is 5.91 Å². The molecule has 0 unspecified atom stereocenters. The van der Waals surface area contributed by atoms with Crippen LogP contribution in [-0.4, -0.2) is 22.4 Å². The fraction of sp³-hybridized carbons (Fsp3) is 0.148. The SMILES string of the molecule is Cc1ccc(CNC(=O)C(=O)Nn2c(C(=O)Nc3cc(C)cc(C)c3)cc3cc(Cl)ccc32)cc1. The van der Waals surface area contributed by atoms with Gasteiger partial charge in [0.2, 0.25) is 0 Å². The molecule has 7 nitrogen and oxygen atoms in total. The molecule has 0 fully saturated rings. The molecular weight excluding hydrogens is 464 g/mol. The normalized spacial score (nSPS) is 10.7. The number of nitrogens with zero attached hydrogens (tertiary/aromatic N) is 1. The maximum absolute atomic E-state index is 13.2. The van der Waals surface area contributed by atoms with Gasteiger partial charge in [-0.3, -0.25) is 19.8 Å². The lowest BCUT2D eigenvalue weighted by atomic mass is 10.1. The maximum Gasteiger partial charge on any atom is 0.328 e. The third-order valence-corrected chi connectivity index (χ3v) is 5.70. The Morgan fingerprint density at radius 2 is 1.49 bits per heavy atom. The summed E-state index contributed by atoms with van der Waals surface area (Å²) >= 11 is 6.13. The topological polar surface area (TPSA) is 92.2 Å². The third-order valence-electron chi connectivity index (χ3n) is 5.47. The number of nitrogens with one attached hydrogen (secondary N) is 3. The van der Waals surface area contributed by atoms with Crippen LogP contribution in [0.1, 0.15) is 32.7 Å². The van der Waals surface area contributed by atoms with Crippen LogP contribution in [0.2, 0.25) is 5.02 Å². The van der Waals surface area contributed by atoms with Crippen LogP contribution >= 0.6 is 11.6 Å². The minimum absolute atomic E-state index is 0.154. The lowest BCUT2D eigenvalue weighted by molar-refractivity contribution is -0.136. The van der Waals surface area contributed by atoms with Gasteiger partial charge in [-0.05, 0) is 73.9 Å². The fourth-order valence-corrected chi connectivity index (χ4v) is 4.02. The first-order chi connectivity index (χ1) is 16.7. The van der Waals surface area contributed by atoms with Crippen molar-refractivity contribution in [3.8, 4) is 0 Å². The highest BCUT2D eigenvalue weighted by Crippen LogP contribution is 2.24. The predicted molar refractivity (Wildman–Crippen MR) is 138 cm³/mol. The van der Waals surface area contributed by atoms with E-state index in [1.165, 1.54) is 4.68 Å². The number of hydrogen-bond acceptors (Lipinski definition) is 3. The van der Waals surface area contributed by atoms with Crippen LogP contribution in [0.4, 0.5) is 5.69 Å². The molecule has 0 spiro atoms. The molecule has 3 aromatic carbocycles. The van der Waals surface area contributed by atoms with Crippen molar-refractivity contribution < 1.29 is 14.4 Å². The van der Waals surface area contributed by atoms with Gasteiger partial charge >= 0.3 is 11.8 Å². The zero-order valence-corrected chi connectivity index (χ0v) is 20.4. The number of amides is 3. The van der Waals surface area contributed by atoms with Crippen LogP contribution in [0.5, 0.6) is 0 Å². The van der Waals surface area contributed by atoms with Crippen molar-refractivity contribution in [2.24, 2.45) is 0 Å². The third kappa shape index (κ3) is 5.70. The molecule has 3 N–H and O–H groups in total. The maximum atomic E-state index is 13.2. The molecule has 1 aromatic heterocycles. The average molecular weight is 489 g/mol. The van der Waals surface area contributed by atoms with Crippen LogP contribution in [0.15, 0.2) is 66.7 Å². The number of benzene rings is 3. The first-order valence-corrected chi connectivity index (χ1v) is 11.4. The smallest absolute Gasteiger partial charge is 0.328 e. The van der Waals surface area contributed by atoms with Crippen molar-refractivity contribution in [1.82, 2.24) is 9.99 Å². The molecular formula is C27H25ClN4O3. The zero-order chi connectivity index (χ0) is 25.1. The number of rotatable bonds is 5. The minimum atomic E-state index is -0.898. The Hall–Kier alpha value is -4.10. The number of carbonyl (C=O) groups is 3. The Morgan fingerprint density at radius 3 is 2.17 bits per heavy atom. The molecule has 0 radical (unpaired) electrons. The predicted octanol–water partition coefficient (Wildman–Crippen LogP) is 4.86. The molecule has 1 heterocycles. The van der Waals surface area contributed by atoms with Gasteiger partial charge in [-0.15, -0.1) is 0 Å². The van der Waals surface area contributed by atoms with E-state index in [2.05, 4.69) is 16.1 Å². The highest BCUT2D eigenvalue weighted by atomic mass is 35.5. The van der Waals surface area contributed by atoms with Gasteiger partial charge in [-0.1, -0.05) is 47.5 Å². The molecule has 0 saturated heterocycles. The molecule has 4 aromatic rings. The van der Waals surface area contributed by atoms with E-state index in [0.29, 0.717) is 21.6 Å². The van der Waals surface area contributed by atoms with E-state index in [-0.39, 0.29) is 12.2 Å². The van der Waals surface area contributed by atoms with E-state index in [1.807, 2.05) is 63.2 Å². The number of aryl methyl sites for hydroxylation is 3. The summed E-state index contributed by atoms with van der Waals surface area (Å²) in [6, 6.07) is 20.0. The van der Waals surface area contributed by atoms with E-state index >= 15 is 0 Å². The average Bonchev–Trinajstić information content (AvgIpc) is 3.15. The van der Waals surface area contributed by atoms with Crippen LogP contribution in [0.3, 0.4) is 0 Å². The Kier molecular flexibility index (Phi) is 6.89. The van der Waals surface area contributed by atoms with Crippen molar-refractivity contribution in [1.29, 1.82) is 0 Å². The second kappa shape index (κ2) is 10.0. The number of hydrogen-bond donors (Lipinski definition) is 3. The Morgan fingerprint density at radius 1 is 0.800 bits per heavy atom. The summed E-state index contributed by atoms with van der Waals surface area (Å²) in [4.78, 5) is 38.4. The Bertz CT molecular complexity index is 1420. The van der Waals surface area contributed by atoms with Gasteiger partial charge in [0, 0.05) is 22.6 Å². The summed E-state index contributed by atoms with van der Waals surface area (Å²) in [5, 5.41) is 6.59. The fourth-order valence-electron chi connectivity index (χ4n) is 3.84. The van der Waals surface area contributed by atoms with Crippen molar-refractivity contribution >= 4 is 45.9 Å². The van der Waals surface area contributed by atoms with Crippen LogP contribution in [-0.2, 0) is 16.1 Å². The largest absolute Gasteiger partial charge is 0.344 e. The van der Waals surface area contributed by atoms with Crippen LogP contribution in [0, 0.1) is 20.8 Å². The van der Waals surface area contributed by atoms with Gasteiger partial charge in [-0.2, -0.15) is 0 Å². The Labute approximate surface area is 208 Å². The monoisotopic (exact) mass is 488 g/mol. The van der Waals surface area contributed by atoms with Crippen molar-refractivity contribution in [2.45, 2.75) is 27.3 Å². The number of carbonyl (C=O) groups excluding carboxylic acids is 3. The lowest BCUT2D eigenvalue weighted by Gasteiger charge is -2.13. The molecule has 0 aliphatic carbocycles. The van der Waals surface area contributed by atoms with Gasteiger partial charge in [0.15, 0.2) is 0 Å². The summed E-state index contributed by atoms with van der Waals surface area (Å²) in [7, 11) is 0. The summed E-state index contributed by atoms with van der Waals surface area (Å²) in [6.45, 7) is 6.06. The molecule has 0 saturated carbocycles. The summed E-state index contributed by atoms with van der Waals surface area (Å²) in [6.07, 6.45) is 0. The number of fused-ring (bicyclic) bond motifs is 1. The van der Waals surface area contributed by atoms with Gasteiger partial charge in [0.05, 0.1) is 5.52 Å². The van der Waals surface area contributed by atoms with E-state index in [1.54, 1.807) is 24.3 Å². The first-order valence-electron chi connectivity index (χ1n) is 11.0. The number of aromatic nitrogens is 1. The molecule has 35 heavy (non-hydrogen) atoms. The van der Waals surface area contributed by atoms with E-state index in [9.17, 15) is 14.4 Å². The summed E-state index contributed by atoms with van der Waals surface area (Å²) in [5.74, 6) is -2.16. The molecule has 0 aliphatic rings. The van der Waals surface area contributed by atoms with Crippen LogP contribution in [0.25, 0.3) is 10.9 Å². The highest BCUT2D eigenvalue weighted by molar-refractivity contribution is 6.38. The summed E-state index contributed by atoms with van der Waals surface area (Å²) in [5.41, 5.74) is 7.84. The quantitative estimate of drug-likeness (QED) is 0.350. The van der Waals surface area contributed by atoms with Crippen LogP contribution < -0.4 is 16.1 Å². The van der Waals surface area contributed by atoms with Crippen molar-refractivity contribution in [3.63, 3.8) is 0 Å². The van der Waals surface area contributed by atoms with E-state index < -0.39 is 17.7 Å². The van der Waals surface area contributed by atoms with Gasteiger partial charge in [0.1, 0.15) is 5.69 Å². The van der Waals surface area contributed by atoms with Gasteiger partial charge in [-0.25, -0.2) is 4.68 Å². The highest BCUT2D eigenvalue weighted by Gasteiger charge is 2.21. The van der Waals surface area contributed by atoms with Gasteiger partial charge < -0.3 is 10.6 Å². The molecule has 0 bridgehead atoms. The minimum Gasteiger partial charge on any atom is -0.344 e. The molecule has 8 heteroatoms. The zero-order valence-electron chi connectivity index (χ0n) is 19.6. The van der Waals surface area contributed by atoms with Crippen molar-refractivity contribution in [2.75, 3.05) is 10.7 Å².